The molecular weight excluding hydrogens is 226 g/mol. The van der Waals surface area contributed by atoms with Crippen molar-refractivity contribution < 1.29 is 0 Å². The SMILES string of the molecule is CCCc1nc(Br)cc2c1CCC2. The lowest BCUT2D eigenvalue weighted by Gasteiger charge is -2.06. The smallest absolute Gasteiger partial charge is 0.106 e. The Labute approximate surface area is 87.7 Å². The first kappa shape index (κ1) is 9.20. The molecule has 0 unspecified atom stereocenters. The fourth-order valence-electron chi connectivity index (χ4n) is 2.07. The monoisotopic (exact) mass is 239 g/mol. The molecule has 2 rings (SSSR count). The molecule has 1 aromatic heterocycles. The van der Waals surface area contributed by atoms with Crippen LogP contribution in [0.1, 0.15) is 36.6 Å². The number of aryl methyl sites for hydroxylation is 2. The Kier molecular flexibility index (Phi) is 2.68. The first-order valence-corrected chi connectivity index (χ1v) is 5.77. The van der Waals surface area contributed by atoms with Crippen LogP contribution in [0.2, 0.25) is 0 Å². The maximum absolute atomic E-state index is 4.55. The quantitative estimate of drug-likeness (QED) is 0.723. The summed E-state index contributed by atoms with van der Waals surface area (Å²) in [7, 11) is 0. The van der Waals surface area contributed by atoms with Gasteiger partial charge < -0.3 is 0 Å². The predicted molar refractivity (Wildman–Crippen MR) is 58.0 cm³/mol. The van der Waals surface area contributed by atoms with Gasteiger partial charge in [-0.2, -0.15) is 0 Å². The van der Waals surface area contributed by atoms with Crippen LogP contribution in [0.4, 0.5) is 0 Å². The number of fused-ring (bicyclic) bond motifs is 1. The van der Waals surface area contributed by atoms with E-state index < -0.39 is 0 Å². The van der Waals surface area contributed by atoms with Crippen molar-refractivity contribution in [3.05, 3.63) is 27.5 Å². The fraction of sp³-hybridized carbons (Fsp3) is 0.545. The zero-order valence-electron chi connectivity index (χ0n) is 7.94. The third-order valence-corrected chi connectivity index (χ3v) is 3.04. The Bertz CT molecular complexity index is 320. The van der Waals surface area contributed by atoms with E-state index in [1.807, 2.05) is 0 Å². The molecule has 0 N–H and O–H groups in total. The molecule has 0 saturated carbocycles. The first-order valence-electron chi connectivity index (χ1n) is 4.98. The normalized spacial score (nSPS) is 14.6. The molecule has 1 aromatic rings. The van der Waals surface area contributed by atoms with Gasteiger partial charge in [-0.3, -0.25) is 0 Å². The minimum atomic E-state index is 1.01. The second-order valence-corrected chi connectivity index (χ2v) is 4.45. The zero-order chi connectivity index (χ0) is 9.26. The highest BCUT2D eigenvalue weighted by molar-refractivity contribution is 9.10. The second kappa shape index (κ2) is 3.79. The lowest BCUT2D eigenvalue weighted by Crippen LogP contribution is -1.97. The second-order valence-electron chi connectivity index (χ2n) is 3.63. The number of pyridine rings is 1. The number of hydrogen-bond acceptors (Lipinski definition) is 1. The van der Waals surface area contributed by atoms with E-state index in [4.69, 9.17) is 0 Å². The van der Waals surface area contributed by atoms with Crippen molar-refractivity contribution in [1.82, 2.24) is 4.98 Å². The fourth-order valence-corrected chi connectivity index (χ4v) is 2.56. The molecule has 70 valence electrons. The largest absolute Gasteiger partial charge is 0.246 e. The van der Waals surface area contributed by atoms with E-state index in [1.54, 1.807) is 0 Å². The summed E-state index contributed by atoms with van der Waals surface area (Å²) in [5.41, 5.74) is 4.37. The molecule has 0 aromatic carbocycles. The molecule has 0 atom stereocenters. The Balaban J connectivity index is 2.43. The van der Waals surface area contributed by atoms with E-state index in [0.29, 0.717) is 0 Å². The Morgan fingerprint density at radius 2 is 2.31 bits per heavy atom. The molecule has 0 bridgehead atoms. The van der Waals surface area contributed by atoms with Gasteiger partial charge in [0, 0.05) is 5.69 Å². The standard InChI is InChI=1S/C11H14BrN/c1-2-4-10-9-6-3-5-8(9)7-11(12)13-10/h7H,2-6H2,1H3. The van der Waals surface area contributed by atoms with Crippen LogP contribution in [0.25, 0.3) is 0 Å². The van der Waals surface area contributed by atoms with Crippen molar-refractivity contribution in [2.45, 2.75) is 39.0 Å². The van der Waals surface area contributed by atoms with Crippen LogP contribution < -0.4 is 0 Å². The molecule has 1 aliphatic carbocycles. The summed E-state index contributed by atoms with van der Waals surface area (Å²) in [4.78, 5) is 4.55. The van der Waals surface area contributed by atoms with Gasteiger partial charge in [0.2, 0.25) is 0 Å². The number of aromatic nitrogens is 1. The Morgan fingerprint density at radius 3 is 3.08 bits per heavy atom. The topological polar surface area (TPSA) is 12.9 Å². The molecule has 0 saturated heterocycles. The minimum absolute atomic E-state index is 1.01. The van der Waals surface area contributed by atoms with Crippen molar-refractivity contribution in [2.75, 3.05) is 0 Å². The molecular formula is C11H14BrN. The van der Waals surface area contributed by atoms with E-state index >= 15 is 0 Å². The van der Waals surface area contributed by atoms with Gasteiger partial charge in [-0.1, -0.05) is 13.3 Å². The molecule has 0 fully saturated rings. The number of halogens is 1. The molecule has 0 spiro atoms. The van der Waals surface area contributed by atoms with Crippen LogP contribution in [-0.2, 0) is 19.3 Å². The highest BCUT2D eigenvalue weighted by atomic mass is 79.9. The average molecular weight is 240 g/mol. The highest BCUT2D eigenvalue weighted by Gasteiger charge is 2.16. The number of rotatable bonds is 2. The summed E-state index contributed by atoms with van der Waals surface area (Å²) >= 11 is 3.47. The molecule has 1 aliphatic rings. The summed E-state index contributed by atoms with van der Waals surface area (Å²) < 4.78 is 1.01. The van der Waals surface area contributed by atoms with E-state index in [1.165, 1.54) is 42.5 Å². The lowest BCUT2D eigenvalue weighted by atomic mass is 10.1. The van der Waals surface area contributed by atoms with E-state index in [2.05, 4.69) is 33.9 Å². The van der Waals surface area contributed by atoms with Gasteiger partial charge in [0.05, 0.1) is 0 Å². The highest BCUT2D eigenvalue weighted by Crippen LogP contribution is 2.27. The first-order chi connectivity index (χ1) is 6.31. The van der Waals surface area contributed by atoms with Gasteiger partial charge in [-0.15, -0.1) is 0 Å². The number of nitrogens with zero attached hydrogens (tertiary/aromatic N) is 1. The Hall–Kier alpha value is -0.370. The van der Waals surface area contributed by atoms with Crippen molar-refractivity contribution in [1.29, 1.82) is 0 Å². The maximum atomic E-state index is 4.55. The van der Waals surface area contributed by atoms with Crippen molar-refractivity contribution in [3.63, 3.8) is 0 Å². The summed E-state index contributed by atoms with van der Waals surface area (Å²) in [5, 5.41) is 0. The maximum Gasteiger partial charge on any atom is 0.106 e. The van der Waals surface area contributed by atoms with Crippen LogP contribution in [0.5, 0.6) is 0 Å². The third-order valence-electron chi connectivity index (χ3n) is 2.63. The molecule has 2 heteroatoms. The van der Waals surface area contributed by atoms with E-state index in [-0.39, 0.29) is 0 Å². The van der Waals surface area contributed by atoms with Gasteiger partial charge in [-0.25, -0.2) is 4.98 Å². The summed E-state index contributed by atoms with van der Waals surface area (Å²) in [6.07, 6.45) is 6.11. The van der Waals surface area contributed by atoms with Crippen molar-refractivity contribution >= 4 is 15.9 Å². The van der Waals surface area contributed by atoms with Crippen LogP contribution in [-0.4, -0.2) is 4.98 Å². The predicted octanol–water partition coefficient (Wildman–Crippen LogP) is 3.29. The van der Waals surface area contributed by atoms with Crippen LogP contribution in [0.15, 0.2) is 10.7 Å². The van der Waals surface area contributed by atoms with Crippen LogP contribution in [0.3, 0.4) is 0 Å². The summed E-state index contributed by atoms with van der Waals surface area (Å²) in [6, 6.07) is 2.18. The van der Waals surface area contributed by atoms with Gasteiger partial charge in [0.15, 0.2) is 0 Å². The summed E-state index contributed by atoms with van der Waals surface area (Å²) in [6.45, 7) is 2.21. The van der Waals surface area contributed by atoms with Gasteiger partial charge >= 0.3 is 0 Å². The van der Waals surface area contributed by atoms with Crippen LogP contribution in [0, 0.1) is 0 Å². The van der Waals surface area contributed by atoms with Gasteiger partial charge in [0.1, 0.15) is 4.60 Å². The lowest BCUT2D eigenvalue weighted by molar-refractivity contribution is 0.847. The van der Waals surface area contributed by atoms with Gasteiger partial charge in [-0.05, 0) is 58.8 Å². The molecule has 0 aliphatic heterocycles. The minimum Gasteiger partial charge on any atom is -0.246 e. The van der Waals surface area contributed by atoms with E-state index in [9.17, 15) is 0 Å². The molecule has 13 heavy (non-hydrogen) atoms. The zero-order valence-corrected chi connectivity index (χ0v) is 9.52. The van der Waals surface area contributed by atoms with Crippen LogP contribution >= 0.6 is 15.9 Å². The third kappa shape index (κ3) is 1.78. The average Bonchev–Trinajstić information content (AvgIpc) is 2.52. The Morgan fingerprint density at radius 1 is 1.46 bits per heavy atom. The molecule has 1 nitrogen and oxygen atoms in total. The van der Waals surface area contributed by atoms with Crippen molar-refractivity contribution in [3.8, 4) is 0 Å². The van der Waals surface area contributed by atoms with E-state index in [0.717, 1.165) is 11.0 Å². The molecule has 0 radical (unpaired) electrons. The van der Waals surface area contributed by atoms with Crippen molar-refractivity contribution in [2.24, 2.45) is 0 Å². The molecule has 0 amide bonds. The summed E-state index contributed by atoms with van der Waals surface area (Å²) in [5.74, 6) is 0. The van der Waals surface area contributed by atoms with Gasteiger partial charge in [0.25, 0.3) is 0 Å². The number of hydrogen-bond donors (Lipinski definition) is 0. The molecule has 1 heterocycles.